The molecule has 0 atom stereocenters. The van der Waals surface area contributed by atoms with E-state index in [-0.39, 0.29) is 0 Å². The summed E-state index contributed by atoms with van der Waals surface area (Å²) in [5.41, 5.74) is 1.36. The predicted molar refractivity (Wildman–Crippen MR) is 94.5 cm³/mol. The molecule has 0 aliphatic carbocycles. The summed E-state index contributed by atoms with van der Waals surface area (Å²) in [6.07, 6.45) is 2.80. The molecule has 0 saturated heterocycles. The number of rotatable bonds is 6. The van der Waals surface area contributed by atoms with E-state index in [9.17, 15) is 14.4 Å². The average molecular weight is 351 g/mol. The summed E-state index contributed by atoms with van der Waals surface area (Å²) in [5.74, 6) is -0.944. The normalized spacial score (nSPS) is 13.2. The van der Waals surface area contributed by atoms with E-state index in [1.165, 1.54) is 6.08 Å². The third kappa shape index (κ3) is 3.49. The largest absolute Gasteiger partial charge is 0.493 e. The SMILES string of the molecule is CCOc1ccccc1/C=C/C(=O)OCN1C(=O)c2ccccc2C1=O. The Morgan fingerprint density at radius 2 is 1.62 bits per heavy atom. The Morgan fingerprint density at radius 1 is 1.00 bits per heavy atom. The van der Waals surface area contributed by atoms with Crippen LogP contribution in [0.15, 0.2) is 54.6 Å². The van der Waals surface area contributed by atoms with E-state index >= 15 is 0 Å². The molecule has 0 fully saturated rings. The molecule has 2 amide bonds. The highest BCUT2D eigenvalue weighted by molar-refractivity contribution is 6.21. The summed E-state index contributed by atoms with van der Waals surface area (Å²) >= 11 is 0. The molecule has 0 radical (unpaired) electrons. The quantitative estimate of drug-likeness (QED) is 0.455. The van der Waals surface area contributed by atoms with Gasteiger partial charge in [0.25, 0.3) is 11.8 Å². The summed E-state index contributed by atoms with van der Waals surface area (Å²) < 4.78 is 10.5. The molecule has 0 aromatic heterocycles. The van der Waals surface area contributed by atoms with Gasteiger partial charge >= 0.3 is 5.97 Å². The van der Waals surface area contributed by atoms with Gasteiger partial charge < -0.3 is 9.47 Å². The summed E-state index contributed by atoms with van der Waals surface area (Å²) in [7, 11) is 0. The van der Waals surface area contributed by atoms with Crippen LogP contribution in [0.5, 0.6) is 5.75 Å². The van der Waals surface area contributed by atoms with Crippen molar-refractivity contribution < 1.29 is 23.9 Å². The number of amides is 2. The van der Waals surface area contributed by atoms with Crippen LogP contribution in [0.1, 0.15) is 33.2 Å². The fraction of sp³-hybridized carbons (Fsp3) is 0.150. The Balaban J connectivity index is 1.62. The third-order valence-electron chi connectivity index (χ3n) is 3.83. The van der Waals surface area contributed by atoms with Crippen LogP contribution in [-0.4, -0.2) is 36.0 Å². The lowest BCUT2D eigenvalue weighted by Gasteiger charge is -2.12. The Kier molecular flexibility index (Phi) is 5.12. The lowest BCUT2D eigenvalue weighted by atomic mass is 10.1. The van der Waals surface area contributed by atoms with Gasteiger partial charge in [0.15, 0.2) is 6.73 Å². The molecule has 1 heterocycles. The number of hydrogen-bond acceptors (Lipinski definition) is 5. The molecule has 6 nitrogen and oxygen atoms in total. The van der Waals surface area contributed by atoms with E-state index < -0.39 is 24.5 Å². The minimum atomic E-state index is -0.659. The summed E-state index contributed by atoms with van der Waals surface area (Å²) in [6, 6.07) is 13.8. The first-order chi connectivity index (χ1) is 12.6. The highest BCUT2D eigenvalue weighted by Crippen LogP contribution is 2.22. The Bertz CT molecular complexity index is 852. The highest BCUT2D eigenvalue weighted by atomic mass is 16.5. The summed E-state index contributed by atoms with van der Waals surface area (Å²) in [5, 5.41) is 0. The molecule has 2 aromatic rings. The van der Waals surface area contributed by atoms with Gasteiger partial charge in [0.1, 0.15) is 5.75 Å². The maximum Gasteiger partial charge on any atom is 0.332 e. The van der Waals surface area contributed by atoms with Crippen LogP contribution >= 0.6 is 0 Å². The first-order valence-electron chi connectivity index (χ1n) is 8.13. The van der Waals surface area contributed by atoms with Crippen LogP contribution in [-0.2, 0) is 9.53 Å². The minimum absolute atomic E-state index is 0.315. The smallest absolute Gasteiger partial charge is 0.332 e. The van der Waals surface area contributed by atoms with Gasteiger partial charge in [-0.05, 0) is 31.2 Å². The molecule has 1 aliphatic heterocycles. The number of nitrogens with zero attached hydrogens (tertiary/aromatic N) is 1. The van der Waals surface area contributed by atoms with Crippen molar-refractivity contribution in [3.63, 3.8) is 0 Å². The second-order valence-corrected chi connectivity index (χ2v) is 5.48. The number of fused-ring (bicyclic) bond motifs is 1. The van der Waals surface area contributed by atoms with Gasteiger partial charge in [0.05, 0.1) is 17.7 Å². The molecule has 1 aliphatic rings. The Hall–Kier alpha value is -3.41. The summed E-state index contributed by atoms with van der Waals surface area (Å²) in [4.78, 5) is 37.2. The van der Waals surface area contributed by atoms with Crippen LogP contribution in [0.3, 0.4) is 0 Å². The number of para-hydroxylation sites is 1. The number of esters is 1. The molecule has 0 spiro atoms. The number of benzene rings is 2. The number of carbonyl (C=O) groups is 3. The zero-order chi connectivity index (χ0) is 18.5. The number of imide groups is 1. The van der Waals surface area contributed by atoms with E-state index in [0.29, 0.717) is 23.5 Å². The van der Waals surface area contributed by atoms with Gasteiger partial charge in [-0.2, -0.15) is 0 Å². The van der Waals surface area contributed by atoms with Crippen molar-refractivity contribution in [3.05, 3.63) is 71.3 Å². The van der Waals surface area contributed by atoms with Crippen molar-refractivity contribution in [3.8, 4) is 5.75 Å². The van der Waals surface area contributed by atoms with Gasteiger partial charge in [0.2, 0.25) is 0 Å². The van der Waals surface area contributed by atoms with Crippen molar-refractivity contribution in [2.75, 3.05) is 13.3 Å². The first-order valence-corrected chi connectivity index (χ1v) is 8.13. The number of hydrogen-bond donors (Lipinski definition) is 0. The third-order valence-corrected chi connectivity index (χ3v) is 3.83. The predicted octanol–water partition coefficient (Wildman–Crippen LogP) is 2.90. The maximum absolute atomic E-state index is 12.2. The molecule has 3 rings (SSSR count). The van der Waals surface area contributed by atoms with Crippen LogP contribution in [0.25, 0.3) is 6.08 Å². The van der Waals surface area contributed by atoms with E-state index in [1.807, 2.05) is 19.1 Å². The average Bonchev–Trinajstić information content (AvgIpc) is 2.90. The number of ether oxygens (including phenoxy) is 2. The van der Waals surface area contributed by atoms with Crippen molar-refractivity contribution in [1.82, 2.24) is 4.90 Å². The molecule has 132 valence electrons. The highest BCUT2D eigenvalue weighted by Gasteiger charge is 2.35. The number of carbonyl (C=O) groups excluding carboxylic acids is 3. The van der Waals surface area contributed by atoms with Crippen LogP contribution < -0.4 is 4.74 Å². The second kappa shape index (κ2) is 7.65. The molecule has 0 N–H and O–H groups in total. The Labute approximate surface area is 150 Å². The lowest BCUT2D eigenvalue weighted by Crippen LogP contribution is -2.32. The van der Waals surface area contributed by atoms with Crippen LogP contribution in [0, 0.1) is 0 Å². The monoisotopic (exact) mass is 351 g/mol. The van der Waals surface area contributed by atoms with E-state index in [0.717, 1.165) is 10.5 Å². The maximum atomic E-state index is 12.2. The fourth-order valence-electron chi connectivity index (χ4n) is 2.60. The van der Waals surface area contributed by atoms with Gasteiger partial charge in [-0.3, -0.25) is 9.59 Å². The topological polar surface area (TPSA) is 72.9 Å². The minimum Gasteiger partial charge on any atom is -0.493 e. The lowest BCUT2D eigenvalue weighted by molar-refractivity contribution is -0.140. The zero-order valence-corrected chi connectivity index (χ0v) is 14.2. The first kappa shape index (κ1) is 17.4. The van der Waals surface area contributed by atoms with Gasteiger partial charge in [-0.25, -0.2) is 9.69 Å². The molecule has 0 saturated carbocycles. The van der Waals surface area contributed by atoms with Crippen molar-refractivity contribution in [1.29, 1.82) is 0 Å². The fourth-order valence-corrected chi connectivity index (χ4v) is 2.60. The zero-order valence-electron chi connectivity index (χ0n) is 14.2. The molecule has 26 heavy (non-hydrogen) atoms. The van der Waals surface area contributed by atoms with Crippen LogP contribution in [0.4, 0.5) is 0 Å². The van der Waals surface area contributed by atoms with Crippen LogP contribution in [0.2, 0.25) is 0 Å². The summed E-state index contributed by atoms with van der Waals surface area (Å²) in [6.45, 7) is 1.95. The van der Waals surface area contributed by atoms with Gasteiger partial charge in [0, 0.05) is 11.6 Å². The molecule has 2 aromatic carbocycles. The van der Waals surface area contributed by atoms with E-state index in [2.05, 4.69) is 0 Å². The molecular weight excluding hydrogens is 334 g/mol. The van der Waals surface area contributed by atoms with E-state index in [1.54, 1.807) is 42.5 Å². The van der Waals surface area contributed by atoms with Gasteiger partial charge in [-0.15, -0.1) is 0 Å². The molecule has 0 unspecified atom stereocenters. The van der Waals surface area contributed by atoms with Crippen molar-refractivity contribution in [2.45, 2.75) is 6.92 Å². The van der Waals surface area contributed by atoms with Crippen molar-refractivity contribution in [2.24, 2.45) is 0 Å². The van der Waals surface area contributed by atoms with Crippen molar-refractivity contribution >= 4 is 23.9 Å². The van der Waals surface area contributed by atoms with E-state index in [4.69, 9.17) is 9.47 Å². The molecular formula is C20H17NO5. The standard InChI is InChI=1S/C20H17NO5/c1-2-25-17-10-6-3-7-14(17)11-12-18(22)26-13-21-19(23)15-8-4-5-9-16(15)20(21)24/h3-12H,2,13H2,1H3/b12-11+. The van der Waals surface area contributed by atoms with Gasteiger partial charge in [-0.1, -0.05) is 30.3 Å². The molecule has 6 heteroatoms. The second-order valence-electron chi connectivity index (χ2n) is 5.48. The Morgan fingerprint density at radius 3 is 2.27 bits per heavy atom. The molecule has 0 bridgehead atoms.